The van der Waals surface area contributed by atoms with Gasteiger partial charge in [0, 0.05) is 19.6 Å². The lowest BCUT2D eigenvalue weighted by Crippen LogP contribution is -2.46. The molecule has 2 N–H and O–H groups in total. The van der Waals surface area contributed by atoms with Crippen molar-refractivity contribution >= 4 is 0 Å². The molecule has 3 aromatic rings. The second-order valence-corrected chi connectivity index (χ2v) is 8.61. The Hall–Kier alpha value is -2.73. The van der Waals surface area contributed by atoms with E-state index >= 15 is 0 Å². The summed E-state index contributed by atoms with van der Waals surface area (Å²) in [5, 5.41) is 21.5. The van der Waals surface area contributed by atoms with Crippen LogP contribution in [-0.2, 0) is 12.0 Å². The predicted octanol–water partition coefficient (Wildman–Crippen LogP) is 4.14. The Balaban J connectivity index is 1.26. The van der Waals surface area contributed by atoms with Crippen LogP contribution < -0.4 is 4.74 Å². The number of ether oxygens (including phenoxy) is 1. The van der Waals surface area contributed by atoms with E-state index in [0.717, 1.165) is 42.0 Å². The number of halogens is 1. The molecular weight excluding hydrogens is 405 g/mol. The summed E-state index contributed by atoms with van der Waals surface area (Å²) in [6.45, 7) is 2.21. The van der Waals surface area contributed by atoms with Crippen molar-refractivity contribution in [2.75, 3.05) is 26.2 Å². The average molecular weight is 436 g/mol. The molecule has 0 saturated carbocycles. The molecular formula is C27H30FNO3. The minimum atomic E-state index is -0.851. The maximum Gasteiger partial charge on any atom is 0.123 e. The van der Waals surface area contributed by atoms with Gasteiger partial charge in [-0.2, -0.15) is 0 Å². The summed E-state index contributed by atoms with van der Waals surface area (Å²) in [6, 6.07) is 24.1. The van der Waals surface area contributed by atoms with E-state index in [-0.39, 0.29) is 12.4 Å². The molecule has 1 atom stereocenters. The van der Waals surface area contributed by atoms with Gasteiger partial charge in [0.25, 0.3) is 0 Å². The number of piperidine rings is 1. The molecule has 0 radical (unpaired) electrons. The third kappa shape index (κ3) is 5.94. The highest BCUT2D eigenvalue weighted by Gasteiger charge is 2.34. The minimum absolute atomic E-state index is 0.228. The summed E-state index contributed by atoms with van der Waals surface area (Å²) < 4.78 is 18.7. The SMILES string of the molecule is O[C@H](COc1ccccc1)CN1CCC(O)(c2ccc(Cc3ccc(F)cc3)cc2)CC1. The van der Waals surface area contributed by atoms with Gasteiger partial charge in [-0.1, -0.05) is 54.6 Å². The Morgan fingerprint density at radius 3 is 2.09 bits per heavy atom. The van der Waals surface area contributed by atoms with Gasteiger partial charge in [-0.3, -0.25) is 0 Å². The largest absolute Gasteiger partial charge is 0.491 e. The first-order chi connectivity index (χ1) is 15.5. The van der Waals surface area contributed by atoms with E-state index in [2.05, 4.69) is 4.90 Å². The number of nitrogens with zero attached hydrogens (tertiary/aromatic N) is 1. The van der Waals surface area contributed by atoms with Crippen molar-refractivity contribution in [2.45, 2.75) is 31.0 Å². The zero-order valence-corrected chi connectivity index (χ0v) is 18.2. The van der Waals surface area contributed by atoms with Gasteiger partial charge in [0.05, 0.1) is 5.60 Å². The van der Waals surface area contributed by atoms with E-state index in [0.29, 0.717) is 19.4 Å². The van der Waals surface area contributed by atoms with Crippen LogP contribution in [0.3, 0.4) is 0 Å². The van der Waals surface area contributed by atoms with Crippen molar-refractivity contribution in [1.82, 2.24) is 4.90 Å². The summed E-state index contributed by atoms with van der Waals surface area (Å²) in [5.41, 5.74) is 2.26. The number of para-hydroxylation sites is 1. The Kier molecular flexibility index (Phi) is 7.20. The molecule has 32 heavy (non-hydrogen) atoms. The van der Waals surface area contributed by atoms with Gasteiger partial charge in [-0.25, -0.2) is 4.39 Å². The van der Waals surface area contributed by atoms with Crippen LogP contribution in [0, 0.1) is 5.82 Å². The molecule has 168 valence electrons. The van der Waals surface area contributed by atoms with Crippen molar-refractivity contribution in [1.29, 1.82) is 0 Å². The first-order valence-corrected chi connectivity index (χ1v) is 11.1. The number of aliphatic hydroxyl groups is 2. The van der Waals surface area contributed by atoms with Crippen LogP contribution in [0.5, 0.6) is 5.75 Å². The summed E-state index contributed by atoms with van der Waals surface area (Å²) in [5.74, 6) is 0.524. The van der Waals surface area contributed by atoms with Crippen LogP contribution in [0.25, 0.3) is 0 Å². The number of aliphatic hydroxyl groups excluding tert-OH is 1. The zero-order chi connectivity index (χ0) is 22.4. The second-order valence-electron chi connectivity index (χ2n) is 8.61. The normalized spacial score (nSPS) is 17.1. The molecule has 0 unspecified atom stereocenters. The van der Waals surface area contributed by atoms with Crippen molar-refractivity contribution in [3.8, 4) is 5.75 Å². The summed E-state index contributed by atoms with van der Waals surface area (Å²) in [7, 11) is 0. The van der Waals surface area contributed by atoms with Crippen LogP contribution in [0.4, 0.5) is 4.39 Å². The monoisotopic (exact) mass is 435 g/mol. The molecule has 1 aliphatic heterocycles. The van der Waals surface area contributed by atoms with Gasteiger partial charge in [0.15, 0.2) is 0 Å². The van der Waals surface area contributed by atoms with E-state index in [1.807, 2.05) is 54.6 Å². The van der Waals surface area contributed by atoms with E-state index in [1.54, 1.807) is 12.1 Å². The number of hydrogen-bond acceptors (Lipinski definition) is 4. The third-order valence-electron chi connectivity index (χ3n) is 6.15. The molecule has 1 aliphatic rings. The fraction of sp³-hybridized carbons (Fsp3) is 0.333. The summed E-state index contributed by atoms with van der Waals surface area (Å²) in [6.07, 6.45) is 1.40. The van der Waals surface area contributed by atoms with Crippen LogP contribution >= 0.6 is 0 Å². The lowest BCUT2D eigenvalue weighted by molar-refractivity contribution is -0.0372. The first-order valence-electron chi connectivity index (χ1n) is 11.1. The van der Waals surface area contributed by atoms with Gasteiger partial charge in [-0.05, 0) is 60.2 Å². The lowest BCUT2D eigenvalue weighted by Gasteiger charge is -2.39. The van der Waals surface area contributed by atoms with Crippen molar-refractivity contribution in [2.24, 2.45) is 0 Å². The molecule has 5 heteroatoms. The number of benzene rings is 3. The summed E-state index contributed by atoms with van der Waals surface area (Å²) in [4.78, 5) is 2.18. The van der Waals surface area contributed by atoms with Crippen LogP contribution in [-0.4, -0.2) is 47.5 Å². The van der Waals surface area contributed by atoms with Crippen molar-refractivity contribution < 1.29 is 19.3 Å². The quantitative estimate of drug-likeness (QED) is 0.558. The van der Waals surface area contributed by atoms with Gasteiger partial charge in [-0.15, -0.1) is 0 Å². The third-order valence-corrected chi connectivity index (χ3v) is 6.15. The molecule has 0 aromatic heterocycles. The maximum absolute atomic E-state index is 13.1. The summed E-state index contributed by atoms with van der Waals surface area (Å²) >= 11 is 0. The van der Waals surface area contributed by atoms with E-state index in [9.17, 15) is 14.6 Å². The Morgan fingerprint density at radius 2 is 1.47 bits per heavy atom. The lowest BCUT2D eigenvalue weighted by atomic mass is 9.84. The maximum atomic E-state index is 13.1. The fourth-order valence-corrected chi connectivity index (χ4v) is 4.22. The van der Waals surface area contributed by atoms with E-state index in [1.165, 1.54) is 12.1 Å². The molecule has 0 spiro atoms. The van der Waals surface area contributed by atoms with Crippen LogP contribution in [0.1, 0.15) is 29.5 Å². The highest BCUT2D eigenvalue weighted by atomic mass is 19.1. The molecule has 3 aromatic carbocycles. The van der Waals surface area contributed by atoms with E-state index in [4.69, 9.17) is 4.74 Å². The van der Waals surface area contributed by atoms with Gasteiger partial charge in [0.1, 0.15) is 24.3 Å². The van der Waals surface area contributed by atoms with Gasteiger partial charge in [0.2, 0.25) is 0 Å². The Morgan fingerprint density at radius 1 is 0.875 bits per heavy atom. The fourth-order valence-electron chi connectivity index (χ4n) is 4.22. The number of β-amino-alcohol motifs (C(OH)–C–C–N with tert-alkyl or cyclic N) is 1. The highest BCUT2D eigenvalue weighted by molar-refractivity contribution is 5.31. The molecule has 1 saturated heterocycles. The molecule has 4 rings (SSSR count). The van der Waals surface area contributed by atoms with Crippen molar-refractivity contribution in [3.05, 3.63) is 101 Å². The van der Waals surface area contributed by atoms with Gasteiger partial charge < -0.3 is 19.8 Å². The van der Waals surface area contributed by atoms with Gasteiger partial charge >= 0.3 is 0 Å². The molecule has 1 fully saturated rings. The first kappa shape index (κ1) is 22.5. The number of likely N-dealkylation sites (tertiary alicyclic amines) is 1. The molecule has 1 heterocycles. The zero-order valence-electron chi connectivity index (χ0n) is 18.2. The smallest absolute Gasteiger partial charge is 0.123 e. The number of hydrogen-bond donors (Lipinski definition) is 2. The topological polar surface area (TPSA) is 52.9 Å². The van der Waals surface area contributed by atoms with Crippen LogP contribution in [0.2, 0.25) is 0 Å². The van der Waals surface area contributed by atoms with Crippen molar-refractivity contribution in [3.63, 3.8) is 0 Å². The molecule has 0 amide bonds. The Labute approximate surface area is 188 Å². The molecule has 0 bridgehead atoms. The predicted molar refractivity (Wildman–Crippen MR) is 123 cm³/mol. The average Bonchev–Trinajstić information content (AvgIpc) is 2.82. The molecule has 0 aliphatic carbocycles. The number of rotatable bonds is 8. The minimum Gasteiger partial charge on any atom is -0.491 e. The molecule has 4 nitrogen and oxygen atoms in total. The van der Waals surface area contributed by atoms with Crippen LogP contribution in [0.15, 0.2) is 78.9 Å². The standard InChI is InChI=1S/C27H30FNO3/c28-24-12-8-22(9-13-24)18-21-6-10-23(11-7-21)27(31)14-16-29(17-15-27)19-25(30)20-32-26-4-2-1-3-5-26/h1-13,25,30-31H,14-20H2/t25-/m0/s1. The van der Waals surface area contributed by atoms with E-state index < -0.39 is 11.7 Å². The second kappa shape index (κ2) is 10.3. The highest BCUT2D eigenvalue weighted by Crippen LogP contribution is 2.33. The Bertz CT molecular complexity index is 968.